The zero-order valence-corrected chi connectivity index (χ0v) is 12.8. The predicted molar refractivity (Wildman–Crippen MR) is 74.1 cm³/mol. The molecule has 1 aromatic rings. The third-order valence-electron chi connectivity index (χ3n) is 3.30. The van der Waals surface area contributed by atoms with E-state index in [2.05, 4.69) is 20.9 Å². The highest BCUT2D eigenvalue weighted by molar-refractivity contribution is 9.09. The molecule has 0 spiro atoms. The molecule has 106 valence electrons. The number of hydrogen-bond donors (Lipinski definition) is 0. The molecule has 7 heteroatoms. The van der Waals surface area contributed by atoms with Crippen molar-refractivity contribution < 1.29 is 12.8 Å². The Hall–Kier alpha value is -0.530. The summed E-state index contributed by atoms with van der Waals surface area (Å²) in [5.41, 5.74) is 0. The van der Waals surface area contributed by atoms with E-state index in [-0.39, 0.29) is 10.9 Å². The maximum absolute atomic E-state index is 13.2. The van der Waals surface area contributed by atoms with Gasteiger partial charge in [-0.1, -0.05) is 22.4 Å². The van der Waals surface area contributed by atoms with Crippen LogP contribution in [0.4, 0.5) is 4.39 Å². The van der Waals surface area contributed by atoms with Gasteiger partial charge in [0.2, 0.25) is 10.0 Å². The van der Waals surface area contributed by atoms with Crippen LogP contribution in [0.3, 0.4) is 0 Å². The summed E-state index contributed by atoms with van der Waals surface area (Å²) in [7, 11) is -3.65. The summed E-state index contributed by atoms with van der Waals surface area (Å²) in [5, 5.41) is 0.755. The molecule has 4 nitrogen and oxygen atoms in total. The number of halogens is 2. The molecule has 1 atom stereocenters. The number of nitrogens with zero attached hydrogens (tertiary/aromatic N) is 2. The van der Waals surface area contributed by atoms with Gasteiger partial charge in [-0.05, 0) is 25.3 Å². The highest BCUT2D eigenvalue weighted by Crippen LogP contribution is 2.27. The average molecular weight is 351 g/mol. The standard InChI is InChI=1S/C12H16BrFN2O2S/c13-5-4-11-3-1-2-6-16(11)19(17,18)12-7-10(14)8-15-9-12/h7-9,11H,1-6H2. The van der Waals surface area contributed by atoms with E-state index in [0.717, 1.165) is 43.3 Å². The lowest BCUT2D eigenvalue weighted by Crippen LogP contribution is -2.43. The maximum Gasteiger partial charge on any atom is 0.244 e. The van der Waals surface area contributed by atoms with E-state index in [1.807, 2.05) is 0 Å². The van der Waals surface area contributed by atoms with E-state index in [1.165, 1.54) is 10.5 Å². The van der Waals surface area contributed by atoms with Crippen molar-refractivity contribution in [2.24, 2.45) is 0 Å². The smallest absolute Gasteiger partial charge is 0.244 e. The van der Waals surface area contributed by atoms with Crippen LogP contribution in [0.15, 0.2) is 23.4 Å². The second-order valence-electron chi connectivity index (χ2n) is 4.58. The van der Waals surface area contributed by atoms with Crippen molar-refractivity contribution in [2.45, 2.75) is 36.6 Å². The van der Waals surface area contributed by atoms with Gasteiger partial charge in [0.05, 0.1) is 6.20 Å². The molecular formula is C12H16BrFN2O2S. The summed E-state index contributed by atoms with van der Waals surface area (Å²) in [6.07, 6.45) is 5.71. The van der Waals surface area contributed by atoms with Gasteiger partial charge in [0.25, 0.3) is 0 Å². The van der Waals surface area contributed by atoms with Crippen LogP contribution in [0.2, 0.25) is 0 Å². The molecule has 2 rings (SSSR count). The van der Waals surface area contributed by atoms with Gasteiger partial charge in [0.1, 0.15) is 10.7 Å². The number of pyridine rings is 1. The monoisotopic (exact) mass is 350 g/mol. The number of sulfonamides is 1. The van der Waals surface area contributed by atoms with Crippen molar-refractivity contribution in [3.05, 3.63) is 24.3 Å². The summed E-state index contributed by atoms with van der Waals surface area (Å²) in [4.78, 5) is 3.57. The van der Waals surface area contributed by atoms with Crippen LogP contribution in [0, 0.1) is 5.82 Å². The van der Waals surface area contributed by atoms with E-state index < -0.39 is 15.8 Å². The Balaban J connectivity index is 2.31. The van der Waals surface area contributed by atoms with Crippen molar-refractivity contribution in [3.8, 4) is 0 Å². The fourth-order valence-electron chi connectivity index (χ4n) is 2.37. The van der Waals surface area contributed by atoms with E-state index in [1.54, 1.807) is 0 Å². The first-order valence-electron chi connectivity index (χ1n) is 6.24. The van der Waals surface area contributed by atoms with Gasteiger partial charge in [-0.3, -0.25) is 4.98 Å². The van der Waals surface area contributed by atoms with Gasteiger partial charge in [-0.2, -0.15) is 4.31 Å². The first-order chi connectivity index (χ1) is 9.05. The van der Waals surface area contributed by atoms with Crippen LogP contribution in [-0.4, -0.2) is 35.6 Å². The van der Waals surface area contributed by atoms with Crippen molar-refractivity contribution >= 4 is 26.0 Å². The van der Waals surface area contributed by atoms with Gasteiger partial charge in [-0.15, -0.1) is 0 Å². The Morgan fingerprint density at radius 1 is 1.42 bits per heavy atom. The van der Waals surface area contributed by atoms with Gasteiger partial charge in [0.15, 0.2) is 0 Å². The Kier molecular flexibility index (Phi) is 4.92. The van der Waals surface area contributed by atoms with Crippen molar-refractivity contribution in [1.82, 2.24) is 9.29 Å². The summed E-state index contributed by atoms with van der Waals surface area (Å²) >= 11 is 3.35. The quantitative estimate of drug-likeness (QED) is 0.784. The van der Waals surface area contributed by atoms with E-state index in [0.29, 0.717) is 6.54 Å². The molecule has 0 aromatic carbocycles. The molecule has 1 saturated heterocycles. The molecule has 1 aliphatic heterocycles. The second kappa shape index (κ2) is 6.28. The molecule has 0 aliphatic carbocycles. The van der Waals surface area contributed by atoms with Crippen LogP contribution < -0.4 is 0 Å². The summed E-state index contributed by atoms with van der Waals surface area (Å²) in [6, 6.07) is 1.02. The number of aromatic nitrogens is 1. The molecule has 0 radical (unpaired) electrons. The average Bonchev–Trinajstić information content (AvgIpc) is 2.39. The minimum Gasteiger partial charge on any atom is -0.260 e. The van der Waals surface area contributed by atoms with Crippen molar-refractivity contribution in [1.29, 1.82) is 0 Å². The molecule has 1 fully saturated rings. The van der Waals surface area contributed by atoms with Crippen LogP contribution in [-0.2, 0) is 10.0 Å². The molecule has 2 heterocycles. The molecule has 0 N–H and O–H groups in total. The lowest BCUT2D eigenvalue weighted by atomic mass is 10.0. The van der Waals surface area contributed by atoms with Crippen LogP contribution in [0.5, 0.6) is 0 Å². The SMILES string of the molecule is O=S(=O)(c1cncc(F)c1)N1CCCCC1CCBr. The van der Waals surface area contributed by atoms with Gasteiger partial charge in [0, 0.05) is 24.1 Å². The molecule has 0 amide bonds. The normalized spacial score (nSPS) is 21.5. The highest BCUT2D eigenvalue weighted by Gasteiger charge is 2.33. The highest BCUT2D eigenvalue weighted by atomic mass is 79.9. The van der Waals surface area contributed by atoms with Crippen LogP contribution in [0.1, 0.15) is 25.7 Å². The number of alkyl halides is 1. The molecule has 0 saturated carbocycles. The maximum atomic E-state index is 13.2. The summed E-state index contributed by atoms with van der Waals surface area (Å²) in [5.74, 6) is -0.630. The molecular weight excluding hydrogens is 335 g/mol. The number of rotatable bonds is 4. The third-order valence-corrected chi connectivity index (χ3v) is 5.68. The molecule has 1 unspecified atom stereocenters. The first kappa shape index (κ1) is 14.9. The molecule has 1 aliphatic rings. The molecule has 1 aromatic heterocycles. The van der Waals surface area contributed by atoms with Gasteiger partial charge < -0.3 is 0 Å². The minimum atomic E-state index is -3.65. The van der Waals surface area contributed by atoms with Gasteiger partial charge in [-0.25, -0.2) is 12.8 Å². The Morgan fingerprint density at radius 2 is 2.21 bits per heavy atom. The summed E-state index contributed by atoms with van der Waals surface area (Å²) < 4.78 is 39.7. The second-order valence-corrected chi connectivity index (χ2v) is 7.27. The largest absolute Gasteiger partial charge is 0.260 e. The van der Waals surface area contributed by atoms with E-state index >= 15 is 0 Å². The number of hydrogen-bond acceptors (Lipinski definition) is 3. The third kappa shape index (κ3) is 3.32. The zero-order valence-electron chi connectivity index (χ0n) is 10.4. The van der Waals surface area contributed by atoms with Crippen LogP contribution >= 0.6 is 15.9 Å². The van der Waals surface area contributed by atoms with Crippen molar-refractivity contribution in [2.75, 3.05) is 11.9 Å². The Bertz CT molecular complexity index is 536. The minimum absolute atomic E-state index is 0.0126. The Labute approximate surface area is 121 Å². The van der Waals surface area contributed by atoms with E-state index in [9.17, 15) is 12.8 Å². The van der Waals surface area contributed by atoms with Crippen LogP contribution in [0.25, 0.3) is 0 Å². The zero-order chi connectivity index (χ0) is 13.9. The van der Waals surface area contributed by atoms with E-state index in [4.69, 9.17) is 0 Å². The topological polar surface area (TPSA) is 50.3 Å². The first-order valence-corrected chi connectivity index (χ1v) is 8.80. The molecule has 19 heavy (non-hydrogen) atoms. The Morgan fingerprint density at radius 3 is 2.89 bits per heavy atom. The summed E-state index contributed by atoms with van der Waals surface area (Å²) in [6.45, 7) is 0.497. The van der Waals surface area contributed by atoms with Gasteiger partial charge >= 0.3 is 0 Å². The lowest BCUT2D eigenvalue weighted by Gasteiger charge is -2.34. The number of piperidine rings is 1. The fraction of sp³-hybridized carbons (Fsp3) is 0.583. The predicted octanol–water partition coefficient (Wildman–Crippen LogP) is 2.55. The fourth-order valence-corrected chi connectivity index (χ4v) is 4.60. The lowest BCUT2D eigenvalue weighted by molar-refractivity contribution is 0.248. The molecule has 0 bridgehead atoms. The van der Waals surface area contributed by atoms with Crippen molar-refractivity contribution in [3.63, 3.8) is 0 Å².